The molecular weight excluding hydrogens is 546 g/mol. The van der Waals surface area contributed by atoms with E-state index < -0.39 is 5.41 Å². The lowest BCUT2D eigenvalue weighted by atomic mass is 9.70. The molecule has 6 aromatic carbocycles. The van der Waals surface area contributed by atoms with Crippen molar-refractivity contribution in [2.75, 3.05) is 0 Å². The summed E-state index contributed by atoms with van der Waals surface area (Å²) < 4.78 is 0. The Hall–Kier alpha value is -5.93. The zero-order chi connectivity index (χ0) is 29.5. The van der Waals surface area contributed by atoms with Gasteiger partial charge in [-0.1, -0.05) is 133 Å². The van der Waals surface area contributed by atoms with Gasteiger partial charge in [0.25, 0.3) is 0 Å². The van der Waals surface area contributed by atoms with Gasteiger partial charge in [-0.15, -0.1) is 0 Å². The number of benzene rings is 6. The highest BCUT2D eigenvalue weighted by Crippen LogP contribution is 2.63. The molecule has 3 heteroatoms. The molecule has 2 aliphatic rings. The first-order valence-corrected chi connectivity index (χ1v) is 15.4. The van der Waals surface area contributed by atoms with Crippen molar-refractivity contribution in [3.63, 3.8) is 0 Å². The normalized spacial score (nSPS) is 13.5. The molecule has 45 heavy (non-hydrogen) atoms. The molecular formula is C42H25N3. The van der Waals surface area contributed by atoms with Crippen LogP contribution in [0.3, 0.4) is 0 Å². The van der Waals surface area contributed by atoms with Crippen LogP contribution in [-0.4, -0.2) is 15.0 Å². The van der Waals surface area contributed by atoms with E-state index in [2.05, 4.69) is 140 Å². The topological polar surface area (TPSA) is 38.7 Å². The van der Waals surface area contributed by atoms with Gasteiger partial charge in [0.2, 0.25) is 0 Å². The van der Waals surface area contributed by atoms with Gasteiger partial charge in [-0.25, -0.2) is 9.97 Å². The highest BCUT2D eigenvalue weighted by Gasteiger charge is 2.52. The van der Waals surface area contributed by atoms with Gasteiger partial charge in [-0.05, 0) is 56.6 Å². The molecule has 0 N–H and O–H groups in total. The lowest BCUT2D eigenvalue weighted by Crippen LogP contribution is -2.25. The standard InChI is InChI=1S/C42H25N3/c1-5-20-33-27(14-1)28-15-2-6-21-34(28)42(33)35-22-7-3-16-29(35)38-31(18-10-23-36(38)42)41-44-37-24-8-4-17-30(37)40(45-41)32-19-9-12-26-13-11-25-43-39(26)32/h1-25H. The van der Waals surface area contributed by atoms with Crippen molar-refractivity contribution in [1.82, 2.24) is 15.0 Å². The summed E-state index contributed by atoms with van der Waals surface area (Å²) in [6.07, 6.45) is 1.86. The number of hydrogen-bond acceptors (Lipinski definition) is 3. The molecule has 2 aromatic heterocycles. The zero-order valence-electron chi connectivity index (χ0n) is 24.3. The average molecular weight is 572 g/mol. The molecule has 0 saturated heterocycles. The van der Waals surface area contributed by atoms with Gasteiger partial charge in [0, 0.05) is 28.1 Å². The number of hydrogen-bond donors (Lipinski definition) is 0. The number of pyridine rings is 1. The highest BCUT2D eigenvalue weighted by molar-refractivity contribution is 6.03. The van der Waals surface area contributed by atoms with Gasteiger partial charge in [0.05, 0.1) is 22.1 Å². The van der Waals surface area contributed by atoms with Crippen LogP contribution < -0.4 is 0 Å². The van der Waals surface area contributed by atoms with Gasteiger partial charge < -0.3 is 0 Å². The molecule has 2 aliphatic carbocycles. The van der Waals surface area contributed by atoms with E-state index in [1.807, 2.05) is 12.3 Å². The van der Waals surface area contributed by atoms with Crippen molar-refractivity contribution in [2.45, 2.75) is 5.41 Å². The van der Waals surface area contributed by atoms with Crippen molar-refractivity contribution in [3.8, 4) is 44.9 Å². The smallest absolute Gasteiger partial charge is 0.161 e. The van der Waals surface area contributed by atoms with E-state index in [9.17, 15) is 0 Å². The van der Waals surface area contributed by atoms with E-state index in [1.54, 1.807) is 0 Å². The van der Waals surface area contributed by atoms with Crippen molar-refractivity contribution in [3.05, 3.63) is 174 Å². The first-order valence-electron chi connectivity index (χ1n) is 15.4. The minimum atomic E-state index is -0.408. The van der Waals surface area contributed by atoms with Crippen LogP contribution in [0.1, 0.15) is 22.3 Å². The minimum absolute atomic E-state index is 0.408. The molecule has 3 nitrogen and oxygen atoms in total. The Morgan fingerprint density at radius 2 is 1.00 bits per heavy atom. The molecule has 0 bridgehead atoms. The van der Waals surface area contributed by atoms with Gasteiger partial charge in [0.1, 0.15) is 0 Å². The molecule has 0 fully saturated rings. The first kappa shape index (κ1) is 24.5. The second kappa shape index (κ2) is 9.04. The highest BCUT2D eigenvalue weighted by atomic mass is 14.9. The zero-order valence-corrected chi connectivity index (χ0v) is 24.3. The lowest BCUT2D eigenvalue weighted by Gasteiger charge is -2.30. The number of aromatic nitrogens is 3. The summed E-state index contributed by atoms with van der Waals surface area (Å²) in [6, 6.07) is 52.1. The fourth-order valence-electron chi connectivity index (χ4n) is 8.03. The molecule has 208 valence electrons. The Bertz CT molecular complexity index is 2460. The molecule has 0 aliphatic heterocycles. The van der Waals surface area contributed by atoms with E-state index in [4.69, 9.17) is 15.0 Å². The third-order valence-corrected chi connectivity index (χ3v) is 9.75. The molecule has 0 amide bonds. The third kappa shape index (κ3) is 3.17. The molecule has 10 rings (SSSR count). The van der Waals surface area contributed by atoms with Crippen molar-refractivity contribution in [1.29, 1.82) is 0 Å². The largest absolute Gasteiger partial charge is 0.256 e. The van der Waals surface area contributed by atoms with E-state index in [0.29, 0.717) is 0 Å². The van der Waals surface area contributed by atoms with Crippen LogP contribution in [0.25, 0.3) is 66.7 Å². The summed E-state index contributed by atoms with van der Waals surface area (Å²) in [4.78, 5) is 15.4. The Morgan fingerprint density at radius 3 is 1.80 bits per heavy atom. The summed E-state index contributed by atoms with van der Waals surface area (Å²) in [7, 11) is 0. The van der Waals surface area contributed by atoms with E-state index in [0.717, 1.165) is 44.5 Å². The van der Waals surface area contributed by atoms with Crippen molar-refractivity contribution in [2.24, 2.45) is 0 Å². The van der Waals surface area contributed by atoms with Gasteiger partial charge in [-0.3, -0.25) is 4.98 Å². The number of para-hydroxylation sites is 2. The molecule has 2 heterocycles. The van der Waals surface area contributed by atoms with Crippen LogP contribution in [0.2, 0.25) is 0 Å². The summed E-state index contributed by atoms with van der Waals surface area (Å²) >= 11 is 0. The Kier molecular flexibility index (Phi) is 4.92. The number of nitrogens with zero attached hydrogens (tertiary/aromatic N) is 3. The molecule has 0 saturated carbocycles. The average Bonchev–Trinajstić information content (AvgIpc) is 3.59. The quantitative estimate of drug-likeness (QED) is 0.207. The van der Waals surface area contributed by atoms with Crippen LogP contribution in [-0.2, 0) is 5.41 Å². The molecule has 8 aromatic rings. The van der Waals surface area contributed by atoms with Crippen molar-refractivity contribution >= 4 is 21.8 Å². The Labute approximate surface area is 260 Å². The maximum atomic E-state index is 5.39. The first-order chi connectivity index (χ1) is 22.3. The SMILES string of the molecule is c1ccc2c(c1)-c1ccccc1C21c2ccccc2-c2c(-c3nc(-c4cccc5cccnc45)c4ccccc4n3)cccc21. The van der Waals surface area contributed by atoms with E-state index in [-0.39, 0.29) is 0 Å². The second-order valence-electron chi connectivity index (χ2n) is 11.9. The molecule has 0 atom stereocenters. The van der Waals surface area contributed by atoms with Gasteiger partial charge >= 0.3 is 0 Å². The summed E-state index contributed by atoms with van der Waals surface area (Å²) in [5.41, 5.74) is 14.7. The van der Waals surface area contributed by atoms with E-state index in [1.165, 1.54) is 44.5 Å². The maximum Gasteiger partial charge on any atom is 0.161 e. The predicted octanol–water partition coefficient (Wildman–Crippen LogP) is 9.86. The fraction of sp³-hybridized carbons (Fsp3) is 0.0238. The monoisotopic (exact) mass is 571 g/mol. The van der Waals surface area contributed by atoms with E-state index >= 15 is 0 Å². The maximum absolute atomic E-state index is 5.39. The fourth-order valence-corrected chi connectivity index (χ4v) is 8.03. The van der Waals surface area contributed by atoms with Crippen LogP contribution in [0.4, 0.5) is 0 Å². The number of fused-ring (bicyclic) bond motifs is 12. The summed E-state index contributed by atoms with van der Waals surface area (Å²) in [6.45, 7) is 0. The van der Waals surface area contributed by atoms with Crippen LogP contribution in [0.15, 0.2) is 152 Å². The van der Waals surface area contributed by atoms with Crippen LogP contribution >= 0.6 is 0 Å². The van der Waals surface area contributed by atoms with Crippen LogP contribution in [0.5, 0.6) is 0 Å². The molecule has 1 spiro atoms. The molecule has 0 radical (unpaired) electrons. The Morgan fingerprint density at radius 1 is 0.422 bits per heavy atom. The van der Waals surface area contributed by atoms with Crippen molar-refractivity contribution < 1.29 is 0 Å². The third-order valence-electron chi connectivity index (χ3n) is 9.75. The number of rotatable bonds is 2. The van der Waals surface area contributed by atoms with Gasteiger partial charge in [-0.2, -0.15) is 0 Å². The second-order valence-corrected chi connectivity index (χ2v) is 11.9. The molecule has 0 unspecified atom stereocenters. The Balaban J connectivity index is 1.31. The summed E-state index contributed by atoms with van der Waals surface area (Å²) in [5, 5.41) is 2.11. The minimum Gasteiger partial charge on any atom is -0.256 e. The predicted molar refractivity (Wildman–Crippen MR) is 182 cm³/mol. The van der Waals surface area contributed by atoms with Gasteiger partial charge in [0.15, 0.2) is 5.82 Å². The summed E-state index contributed by atoms with van der Waals surface area (Å²) in [5.74, 6) is 0.722. The van der Waals surface area contributed by atoms with Crippen LogP contribution in [0, 0.1) is 0 Å². The lowest BCUT2D eigenvalue weighted by molar-refractivity contribution is 0.794.